The van der Waals surface area contributed by atoms with Crippen molar-refractivity contribution in [2.45, 2.75) is 236 Å². The monoisotopic (exact) mass is 1880 g/mol. The summed E-state index contributed by atoms with van der Waals surface area (Å²) < 4.78 is 0. The van der Waals surface area contributed by atoms with Gasteiger partial charge in [-0.3, -0.25) is 0 Å². The van der Waals surface area contributed by atoms with Gasteiger partial charge < -0.3 is 0 Å². The summed E-state index contributed by atoms with van der Waals surface area (Å²) >= 11 is 0. The first-order chi connectivity index (χ1) is 21.7. The maximum atomic E-state index is 3.68. The summed E-state index contributed by atoms with van der Waals surface area (Å²) in [6.45, 7) is 52.6. The normalized spacial score (nSPS) is 6.87. The molecule has 0 aromatic heterocycles. The van der Waals surface area contributed by atoms with Crippen molar-refractivity contribution >= 4 is 239 Å². The second-order valence-electron chi connectivity index (χ2n) is 10.9. The summed E-state index contributed by atoms with van der Waals surface area (Å²) in [6.07, 6.45) is 32.9. The van der Waals surface area contributed by atoms with Crippen molar-refractivity contribution in [1.82, 2.24) is 0 Å². The molecule has 0 bridgehead atoms. The van der Waals surface area contributed by atoms with Crippen LogP contribution in [-0.2, 0) is 0 Å². The van der Waals surface area contributed by atoms with E-state index < -0.39 is 0 Å². The Bertz CT molecular complexity index is 191. The topological polar surface area (TPSA) is 0 Å². The molecule has 0 rings (SSSR count). The summed E-state index contributed by atoms with van der Waals surface area (Å²) in [5.74, 6) is 0. The van der Waals surface area contributed by atoms with Crippen LogP contribution >= 0.6 is 0 Å². The second-order valence-corrected chi connectivity index (χ2v) is 10.9. The molecule has 0 saturated carbocycles. The fraction of sp³-hybridized carbons (Fsp3) is 0.800. The van der Waals surface area contributed by atoms with Crippen LogP contribution in [0.1, 0.15) is 236 Å². The maximum absolute atomic E-state index is 3.68. The van der Waals surface area contributed by atoms with Gasteiger partial charge in [-0.2, -0.15) is 0 Å². The molecular weight excluding hydrogens is 1730 g/mol. The molecule has 0 nitrogen and oxygen atoms in total. The van der Waals surface area contributed by atoms with E-state index in [4.69, 9.17) is 0 Å². The molecule has 0 fully saturated rings. The van der Waals surface area contributed by atoms with Crippen LogP contribution in [-0.4, -0.2) is 239 Å². The minimum absolute atomic E-state index is 0. The van der Waals surface area contributed by atoms with E-state index in [1.165, 1.54) is 116 Å². The zero-order chi connectivity index (χ0) is 37.1. The van der Waals surface area contributed by atoms with E-state index in [0.717, 1.165) is 57.8 Å². The molecule has 0 saturated heterocycles. The van der Waals surface area contributed by atoms with E-state index in [-0.39, 0.29) is 239 Å². The molecule has 0 heterocycles. The van der Waals surface area contributed by atoms with Gasteiger partial charge in [0.15, 0.2) is 0 Å². The third-order valence-corrected chi connectivity index (χ3v) is 5.43. The van der Waals surface area contributed by atoms with Gasteiger partial charge in [0.1, 0.15) is 0 Å². The molecule has 55 heavy (non-hydrogen) atoms. The van der Waals surface area contributed by atoms with Gasteiger partial charge in [0.05, 0.1) is 0 Å². The van der Waals surface area contributed by atoms with Gasteiger partial charge in [0.25, 0.3) is 0 Å². The summed E-state index contributed by atoms with van der Waals surface area (Å²) in [6, 6.07) is 0. The number of hydrogen-bond donors (Lipinski definition) is 0. The van der Waals surface area contributed by atoms with Gasteiger partial charge in [-0.05, 0) is 0 Å². The molecule has 0 aliphatic heterocycles. The van der Waals surface area contributed by atoms with Crippen LogP contribution < -0.4 is 0 Å². The first-order valence-electron chi connectivity index (χ1n) is 19.9. The van der Waals surface area contributed by atoms with Gasteiger partial charge >= 0.3 is 239 Å². The summed E-state index contributed by atoms with van der Waals surface area (Å²) in [4.78, 5) is 0. The van der Waals surface area contributed by atoms with Gasteiger partial charge in [-0.1, -0.05) is 298 Å². The van der Waals surface area contributed by atoms with Crippen molar-refractivity contribution in [1.29, 1.82) is 0 Å². The van der Waals surface area contributed by atoms with Gasteiger partial charge in [-0.25, -0.2) is 0 Å². The number of unbranched alkanes of at least 4 members (excludes halogenated alkanes) is 18. The van der Waals surface area contributed by atoms with E-state index in [9.17, 15) is 0 Å². The minimum atomic E-state index is 0. The molecular formula is C45H139Sn10. The Morgan fingerprint density at radius 2 is 0.218 bits per heavy atom. The van der Waals surface area contributed by atoms with E-state index in [0.29, 0.717) is 0 Å². The Morgan fingerprint density at radius 3 is 0.218 bits per heavy atom. The predicted octanol–water partition coefficient (Wildman–Crippen LogP) is 3.58. The number of rotatable bonds is 18. The zero-order valence-corrected chi connectivity index (χ0v) is 34.5. The van der Waals surface area contributed by atoms with E-state index in [1.54, 1.807) is 0 Å². The Kier molecular flexibility index (Phi) is 428. The standard InChI is InChI=1S/9C5H11.10Sn.40H/c9*1-3-5-4-2;;;;;;;;;;;;;;;;;;;;;;;;;;;;;;;;;;;;;;;;;;;;;;;;;;/h9*1,3-5H2,2H3;;;;;;;;;;;;;;;;;;;;;;;;;;;;;;;;;;;;;;;;;;;;;;;;;;. The third-order valence-electron chi connectivity index (χ3n) is 5.43. The molecule has 0 N–H and O–H groups in total. The Labute approximate surface area is 528 Å². The van der Waals surface area contributed by atoms with Crippen molar-refractivity contribution in [2.75, 3.05) is 0 Å². The average molecular weight is 1870 g/mol. The van der Waals surface area contributed by atoms with Crippen LogP contribution in [0, 0.1) is 62.3 Å². The van der Waals surface area contributed by atoms with Crippen LogP contribution in [0.4, 0.5) is 0 Å². The summed E-state index contributed by atoms with van der Waals surface area (Å²) in [5.41, 5.74) is 0. The quantitative estimate of drug-likeness (QED) is 0.185. The van der Waals surface area contributed by atoms with Crippen molar-refractivity contribution in [3.8, 4) is 0 Å². The molecule has 0 aromatic rings. The van der Waals surface area contributed by atoms with E-state index in [1.807, 2.05) is 0 Å². The van der Waals surface area contributed by atoms with Crippen LogP contribution in [0.15, 0.2) is 0 Å². The average Bonchev–Trinajstić information content (AvgIpc) is 3.03. The first-order valence-corrected chi connectivity index (χ1v) is 19.9. The van der Waals surface area contributed by atoms with Gasteiger partial charge in [-0.15, -0.1) is 0 Å². The fourth-order valence-electron chi connectivity index (χ4n) is 2.25. The Hall–Kier alpha value is 7.99. The van der Waals surface area contributed by atoms with Crippen LogP contribution in [0.3, 0.4) is 0 Å². The SMILES string of the molecule is [CH2]CCCC.[CH2]CCCC.[CH2]CCCC.[CH2]CCCC.[CH2]CCCC.[CH2]CCCC.[CH2]CCCC.[CH2]CCCC.[CH2]CCCC.[SnH4].[SnH4].[SnH4].[SnH4].[SnH4].[SnH4].[SnH4].[SnH4].[SnH4].[SnH4]. The molecule has 9 radical (unpaired) electrons. The van der Waals surface area contributed by atoms with Crippen molar-refractivity contribution in [2.24, 2.45) is 0 Å². The van der Waals surface area contributed by atoms with Crippen LogP contribution in [0.5, 0.6) is 0 Å². The molecule has 0 atom stereocenters. The van der Waals surface area contributed by atoms with Crippen molar-refractivity contribution < 1.29 is 0 Å². The number of hydrogen-bond acceptors (Lipinski definition) is 0. The molecule has 10 heteroatoms. The molecule has 0 unspecified atom stereocenters. The zero-order valence-electron chi connectivity index (χ0n) is 34.5. The molecule has 359 valence electrons. The first kappa shape index (κ1) is 125. The molecule has 0 spiro atoms. The second kappa shape index (κ2) is 188. The fourth-order valence-corrected chi connectivity index (χ4v) is 2.25. The molecule has 0 amide bonds. The molecule has 0 aliphatic rings. The van der Waals surface area contributed by atoms with E-state index in [2.05, 4.69) is 125 Å². The van der Waals surface area contributed by atoms with Crippen LogP contribution in [0.2, 0.25) is 0 Å². The summed E-state index contributed by atoms with van der Waals surface area (Å²) in [7, 11) is 0. The summed E-state index contributed by atoms with van der Waals surface area (Å²) in [5, 5.41) is 0. The molecule has 0 aliphatic carbocycles. The van der Waals surface area contributed by atoms with Crippen LogP contribution in [0.25, 0.3) is 0 Å². The van der Waals surface area contributed by atoms with Crippen molar-refractivity contribution in [3.05, 3.63) is 62.3 Å². The Morgan fingerprint density at radius 1 is 0.164 bits per heavy atom. The van der Waals surface area contributed by atoms with Gasteiger partial charge in [0, 0.05) is 0 Å². The third kappa shape index (κ3) is 330. The van der Waals surface area contributed by atoms with Gasteiger partial charge in [0.2, 0.25) is 0 Å². The van der Waals surface area contributed by atoms with Crippen molar-refractivity contribution in [3.63, 3.8) is 0 Å². The Balaban J connectivity index is -0.0000000152. The predicted molar refractivity (Wildman–Crippen MR) is 337 cm³/mol. The molecule has 0 aromatic carbocycles. The van der Waals surface area contributed by atoms with E-state index >= 15 is 0 Å².